The van der Waals surface area contributed by atoms with Crippen molar-refractivity contribution < 1.29 is 14.3 Å². The van der Waals surface area contributed by atoms with E-state index in [1.165, 1.54) is 0 Å². The molecule has 0 unspecified atom stereocenters. The molecule has 0 aromatic heterocycles. The van der Waals surface area contributed by atoms with Crippen LogP contribution in [0, 0.1) is 5.92 Å². The van der Waals surface area contributed by atoms with Gasteiger partial charge in [-0.25, -0.2) is 0 Å². The molecule has 5 nitrogen and oxygen atoms in total. The molecule has 0 aliphatic rings. The van der Waals surface area contributed by atoms with E-state index in [-0.39, 0.29) is 5.91 Å². The zero-order chi connectivity index (χ0) is 14.5. The molecule has 0 aliphatic heterocycles. The molecule has 0 atom stereocenters. The van der Waals surface area contributed by atoms with Crippen LogP contribution in [0.3, 0.4) is 0 Å². The topological polar surface area (TPSA) is 59.6 Å². The highest BCUT2D eigenvalue weighted by molar-refractivity contribution is 5.75. The molecule has 0 spiro atoms. The molecule has 0 aromatic rings. The molecule has 0 aliphatic carbocycles. The van der Waals surface area contributed by atoms with Crippen LogP contribution in [0.15, 0.2) is 0 Å². The molecule has 5 heteroatoms. The molecular formula is C14H30N2O3. The molecule has 1 amide bonds. The number of carbonyl (C=O) groups excluding carboxylic acids is 1. The first kappa shape index (κ1) is 18.4. The number of carbonyl (C=O) groups is 1. The van der Waals surface area contributed by atoms with E-state index in [1.807, 2.05) is 0 Å². The summed E-state index contributed by atoms with van der Waals surface area (Å²) in [5, 5.41) is 6.12. The Balaban J connectivity index is 3.16. The third-order valence-electron chi connectivity index (χ3n) is 2.35. The molecule has 0 heterocycles. The van der Waals surface area contributed by atoms with Crippen LogP contribution in [-0.2, 0) is 14.3 Å². The first-order valence-corrected chi connectivity index (χ1v) is 7.18. The van der Waals surface area contributed by atoms with E-state index >= 15 is 0 Å². The van der Waals surface area contributed by atoms with Crippen molar-refractivity contribution >= 4 is 5.91 Å². The summed E-state index contributed by atoms with van der Waals surface area (Å²) in [4.78, 5) is 11.4. The first-order chi connectivity index (χ1) is 9.02. The van der Waals surface area contributed by atoms with Crippen molar-refractivity contribution in [1.82, 2.24) is 10.6 Å². The number of amides is 1. The number of ether oxygens (including phenoxy) is 2. The molecule has 0 fully saturated rings. The number of nitrogens with one attached hydrogen (secondary N) is 2. The van der Waals surface area contributed by atoms with E-state index in [2.05, 4.69) is 38.3 Å². The molecule has 114 valence electrons. The quantitative estimate of drug-likeness (QED) is 0.525. The predicted octanol–water partition coefficient (Wildman–Crippen LogP) is 1.18. The Hall–Kier alpha value is -0.650. The summed E-state index contributed by atoms with van der Waals surface area (Å²) >= 11 is 0. The fourth-order valence-corrected chi connectivity index (χ4v) is 1.31. The van der Waals surface area contributed by atoms with Gasteiger partial charge in [0.25, 0.3) is 0 Å². The third kappa shape index (κ3) is 15.3. The van der Waals surface area contributed by atoms with Crippen molar-refractivity contribution in [3.05, 3.63) is 0 Å². The highest BCUT2D eigenvalue weighted by Crippen LogP contribution is 1.89. The van der Waals surface area contributed by atoms with Crippen molar-refractivity contribution in [3.63, 3.8) is 0 Å². The Morgan fingerprint density at radius 1 is 1.00 bits per heavy atom. The van der Waals surface area contributed by atoms with E-state index in [4.69, 9.17) is 9.47 Å². The van der Waals surface area contributed by atoms with Crippen LogP contribution in [0.1, 0.15) is 34.1 Å². The smallest absolute Gasteiger partial charge is 0.222 e. The summed E-state index contributed by atoms with van der Waals surface area (Å²) in [5.74, 6) is 0.536. The van der Waals surface area contributed by atoms with E-state index in [0.717, 1.165) is 13.1 Å². The van der Waals surface area contributed by atoms with E-state index < -0.39 is 0 Å². The van der Waals surface area contributed by atoms with Gasteiger partial charge in [0.05, 0.1) is 26.4 Å². The highest BCUT2D eigenvalue weighted by Gasteiger charge is 2.01. The van der Waals surface area contributed by atoms with Gasteiger partial charge >= 0.3 is 0 Å². The van der Waals surface area contributed by atoms with Gasteiger partial charge in [0, 0.05) is 25.6 Å². The van der Waals surface area contributed by atoms with E-state index in [0.29, 0.717) is 44.8 Å². The lowest BCUT2D eigenvalue weighted by Gasteiger charge is -2.09. The predicted molar refractivity (Wildman–Crippen MR) is 77.2 cm³/mol. The Labute approximate surface area is 117 Å². The summed E-state index contributed by atoms with van der Waals surface area (Å²) in [7, 11) is 0. The lowest BCUT2D eigenvalue weighted by molar-refractivity contribution is -0.122. The van der Waals surface area contributed by atoms with Crippen molar-refractivity contribution in [1.29, 1.82) is 0 Å². The molecule has 0 aromatic carbocycles. The van der Waals surface area contributed by atoms with Crippen LogP contribution in [0.4, 0.5) is 0 Å². The summed E-state index contributed by atoms with van der Waals surface area (Å²) < 4.78 is 10.7. The van der Waals surface area contributed by atoms with E-state index in [9.17, 15) is 4.79 Å². The minimum Gasteiger partial charge on any atom is -0.379 e. The standard InChI is InChI=1S/C14H30N2O3/c1-12(2)11-16-14(17)5-7-18-9-10-19-8-6-15-13(3)4/h12-13,15H,5-11H2,1-4H3,(H,16,17). The van der Waals surface area contributed by atoms with Gasteiger partial charge in [0.1, 0.15) is 0 Å². The monoisotopic (exact) mass is 274 g/mol. The van der Waals surface area contributed by atoms with E-state index in [1.54, 1.807) is 0 Å². The number of hydrogen-bond acceptors (Lipinski definition) is 4. The van der Waals surface area contributed by atoms with Crippen molar-refractivity contribution in [2.45, 2.75) is 40.2 Å². The lowest BCUT2D eigenvalue weighted by Crippen LogP contribution is -2.28. The van der Waals surface area contributed by atoms with Crippen LogP contribution in [0.5, 0.6) is 0 Å². The van der Waals surface area contributed by atoms with Gasteiger partial charge in [-0.1, -0.05) is 27.7 Å². The fourth-order valence-electron chi connectivity index (χ4n) is 1.31. The molecule has 0 radical (unpaired) electrons. The fraction of sp³-hybridized carbons (Fsp3) is 0.929. The van der Waals surface area contributed by atoms with Crippen LogP contribution < -0.4 is 10.6 Å². The van der Waals surface area contributed by atoms with Crippen LogP contribution in [-0.4, -0.2) is 51.5 Å². The number of rotatable bonds is 12. The van der Waals surface area contributed by atoms with Crippen molar-refractivity contribution in [2.24, 2.45) is 5.92 Å². The minimum absolute atomic E-state index is 0.0516. The maximum Gasteiger partial charge on any atom is 0.222 e. The Morgan fingerprint density at radius 3 is 2.21 bits per heavy atom. The summed E-state index contributed by atoms with van der Waals surface area (Å²) in [6, 6.07) is 0.490. The van der Waals surface area contributed by atoms with Gasteiger partial charge in [-0.3, -0.25) is 4.79 Å². The van der Waals surface area contributed by atoms with Gasteiger partial charge in [-0.15, -0.1) is 0 Å². The molecule has 0 saturated carbocycles. The van der Waals surface area contributed by atoms with Crippen LogP contribution >= 0.6 is 0 Å². The maximum atomic E-state index is 11.4. The zero-order valence-corrected chi connectivity index (χ0v) is 12.8. The second-order valence-corrected chi connectivity index (χ2v) is 5.28. The average molecular weight is 274 g/mol. The highest BCUT2D eigenvalue weighted by atomic mass is 16.5. The van der Waals surface area contributed by atoms with Crippen LogP contribution in [0.25, 0.3) is 0 Å². The van der Waals surface area contributed by atoms with Crippen molar-refractivity contribution in [3.8, 4) is 0 Å². The van der Waals surface area contributed by atoms with Gasteiger partial charge in [-0.05, 0) is 5.92 Å². The molecule has 0 bridgehead atoms. The largest absolute Gasteiger partial charge is 0.379 e. The zero-order valence-electron chi connectivity index (χ0n) is 12.8. The second kappa shape index (κ2) is 12.4. The van der Waals surface area contributed by atoms with Crippen LogP contribution in [0.2, 0.25) is 0 Å². The van der Waals surface area contributed by atoms with Gasteiger partial charge in [0.15, 0.2) is 0 Å². The summed E-state index contributed by atoms with van der Waals surface area (Å²) in [6.45, 7) is 12.2. The normalized spacial score (nSPS) is 11.3. The summed E-state index contributed by atoms with van der Waals surface area (Å²) in [6.07, 6.45) is 0.418. The SMILES string of the molecule is CC(C)CNC(=O)CCOCCOCCNC(C)C. The Kier molecular flexibility index (Phi) is 12.0. The van der Waals surface area contributed by atoms with Gasteiger partial charge in [0.2, 0.25) is 5.91 Å². The molecule has 0 saturated heterocycles. The Bertz CT molecular complexity index is 221. The van der Waals surface area contributed by atoms with Crippen molar-refractivity contribution in [2.75, 3.05) is 39.5 Å². The molecular weight excluding hydrogens is 244 g/mol. The lowest BCUT2D eigenvalue weighted by atomic mass is 10.2. The molecule has 2 N–H and O–H groups in total. The van der Waals surface area contributed by atoms with Gasteiger partial charge < -0.3 is 20.1 Å². The third-order valence-corrected chi connectivity index (χ3v) is 2.35. The number of hydrogen-bond donors (Lipinski definition) is 2. The Morgan fingerprint density at radius 2 is 1.63 bits per heavy atom. The summed E-state index contributed by atoms with van der Waals surface area (Å²) in [5.41, 5.74) is 0. The second-order valence-electron chi connectivity index (χ2n) is 5.28. The maximum absolute atomic E-state index is 11.4. The first-order valence-electron chi connectivity index (χ1n) is 7.18. The molecule has 0 rings (SSSR count). The average Bonchev–Trinajstić information content (AvgIpc) is 2.34. The minimum atomic E-state index is 0.0516. The van der Waals surface area contributed by atoms with Gasteiger partial charge in [-0.2, -0.15) is 0 Å². The molecule has 19 heavy (non-hydrogen) atoms.